The number of halogens is 1. The summed E-state index contributed by atoms with van der Waals surface area (Å²) in [5, 5.41) is 18.4. The fourth-order valence-corrected chi connectivity index (χ4v) is 2.95. The van der Waals surface area contributed by atoms with Gasteiger partial charge in [0.1, 0.15) is 24.0 Å². The number of H-pyrrole nitrogens is 1. The fraction of sp³-hybridized carbons (Fsp3) is 0.105. The molecule has 0 saturated heterocycles. The molecule has 138 valence electrons. The number of aromatic amines is 1. The number of benzene rings is 2. The summed E-state index contributed by atoms with van der Waals surface area (Å²) in [6.45, 7) is 1.94. The lowest BCUT2D eigenvalue weighted by Crippen LogP contribution is -2.23. The number of thioether (sulfide) groups is 1. The number of carboxylic acid groups (broad SMARTS) is 1. The van der Waals surface area contributed by atoms with Crippen LogP contribution in [0.4, 0.5) is 4.39 Å². The molecular weight excluding hydrogens is 369 g/mol. The number of nitrogens with one attached hydrogen (secondary N) is 1. The van der Waals surface area contributed by atoms with Gasteiger partial charge in [-0.25, -0.2) is 9.37 Å². The molecule has 6 nitrogen and oxygen atoms in total. The molecular formula is C19H15FN3O3S-. The van der Waals surface area contributed by atoms with Crippen LogP contribution in [-0.4, -0.2) is 21.2 Å². The summed E-state index contributed by atoms with van der Waals surface area (Å²) >= 11 is 0.886. The molecule has 2 aromatic carbocycles. The molecule has 0 bridgehead atoms. The van der Waals surface area contributed by atoms with E-state index in [4.69, 9.17) is 4.74 Å². The van der Waals surface area contributed by atoms with E-state index in [1.54, 1.807) is 43.3 Å². The van der Waals surface area contributed by atoms with Crippen LogP contribution in [0.5, 0.6) is 5.75 Å². The van der Waals surface area contributed by atoms with Crippen LogP contribution in [0.1, 0.15) is 17.0 Å². The van der Waals surface area contributed by atoms with E-state index in [2.05, 4.69) is 15.2 Å². The molecule has 0 radical (unpaired) electrons. The van der Waals surface area contributed by atoms with Crippen molar-refractivity contribution in [1.82, 2.24) is 15.2 Å². The maximum absolute atomic E-state index is 13.0. The Morgan fingerprint density at radius 3 is 2.67 bits per heavy atom. The van der Waals surface area contributed by atoms with Crippen LogP contribution in [0.15, 0.2) is 58.6 Å². The van der Waals surface area contributed by atoms with Gasteiger partial charge in [0.2, 0.25) is 5.16 Å². The molecule has 1 aromatic heterocycles. The summed E-state index contributed by atoms with van der Waals surface area (Å²) in [5.74, 6) is -0.582. The number of hydrogen-bond donors (Lipinski definition) is 1. The summed E-state index contributed by atoms with van der Waals surface area (Å²) in [7, 11) is 0. The zero-order chi connectivity index (χ0) is 19.2. The van der Waals surface area contributed by atoms with Gasteiger partial charge < -0.3 is 14.6 Å². The van der Waals surface area contributed by atoms with Crippen molar-refractivity contribution in [2.24, 2.45) is 0 Å². The number of carbonyl (C=O) groups excluding carboxylic acids is 1. The summed E-state index contributed by atoms with van der Waals surface area (Å²) < 4.78 is 18.8. The molecule has 0 amide bonds. The summed E-state index contributed by atoms with van der Waals surface area (Å²) in [6, 6.07) is 13.0. The molecule has 3 rings (SSSR count). The molecule has 0 saturated carbocycles. The van der Waals surface area contributed by atoms with E-state index in [1.807, 2.05) is 0 Å². The van der Waals surface area contributed by atoms with Crippen LogP contribution < -0.4 is 9.84 Å². The predicted octanol–water partition coefficient (Wildman–Crippen LogP) is 2.71. The minimum absolute atomic E-state index is 0.0492. The molecule has 1 heterocycles. The molecule has 0 aliphatic rings. The van der Waals surface area contributed by atoms with Crippen molar-refractivity contribution >= 4 is 23.8 Å². The molecule has 0 aliphatic heterocycles. The smallest absolute Gasteiger partial charge is 0.213 e. The highest BCUT2D eigenvalue weighted by molar-refractivity contribution is 8.04. The molecule has 0 spiro atoms. The van der Waals surface area contributed by atoms with Crippen LogP contribution in [0, 0.1) is 12.7 Å². The Morgan fingerprint density at radius 2 is 2.00 bits per heavy atom. The Bertz CT molecular complexity index is 970. The minimum Gasteiger partial charge on any atom is -0.544 e. The lowest BCUT2D eigenvalue weighted by atomic mass is 10.2. The maximum atomic E-state index is 13.0. The summed E-state index contributed by atoms with van der Waals surface area (Å²) in [6.07, 6.45) is 1.45. The van der Waals surface area contributed by atoms with E-state index < -0.39 is 5.97 Å². The number of para-hydroxylation sites is 1. The Balaban J connectivity index is 1.81. The average Bonchev–Trinajstić information content (AvgIpc) is 3.06. The molecule has 8 heteroatoms. The number of rotatable bonds is 7. The second kappa shape index (κ2) is 8.50. The zero-order valence-corrected chi connectivity index (χ0v) is 15.1. The van der Waals surface area contributed by atoms with Crippen molar-refractivity contribution in [2.45, 2.75) is 18.7 Å². The van der Waals surface area contributed by atoms with Crippen LogP contribution in [0.2, 0.25) is 0 Å². The van der Waals surface area contributed by atoms with Gasteiger partial charge in [0.15, 0.2) is 0 Å². The summed E-state index contributed by atoms with van der Waals surface area (Å²) in [4.78, 5) is 15.5. The van der Waals surface area contributed by atoms with Gasteiger partial charge in [0.25, 0.3) is 0 Å². The van der Waals surface area contributed by atoms with E-state index >= 15 is 0 Å². The van der Waals surface area contributed by atoms with Crippen molar-refractivity contribution in [1.29, 1.82) is 0 Å². The topological polar surface area (TPSA) is 90.9 Å². The van der Waals surface area contributed by atoms with Gasteiger partial charge in [0, 0.05) is 10.5 Å². The first kappa shape index (κ1) is 18.7. The number of aryl methyl sites for hydroxylation is 1. The summed E-state index contributed by atoms with van der Waals surface area (Å²) in [5.41, 5.74) is 1.36. The first-order chi connectivity index (χ1) is 13.0. The van der Waals surface area contributed by atoms with Crippen molar-refractivity contribution < 1.29 is 19.0 Å². The minimum atomic E-state index is -1.34. The van der Waals surface area contributed by atoms with E-state index in [0.29, 0.717) is 17.1 Å². The van der Waals surface area contributed by atoms with Crippen molar-refractivity contribution in [3.63, 3.8) is 0 Å². The Kier molecular flexibility index (Phi) is 5.87. The number of ether oxygens (including phenoxy) is 1. The van der Waals surface area contributed by atoms with Crippen molar-refractivity contribution in [3.8, 4) is 5.75 Å². The highest BCUT2D eigenvalue weighted by atomic mass is 32.2. The first-order valence-corrected chi connectivity index (χ1v) is 8.79. The lowest BCUT2D eigenvalue weighted by Gasteiger charge is -2.11. The van der Waals surface area contributed by atoms with Crippen molar-refractivity contribution in [2.75, 3.05) is 0 Å². The van der Waals surface area contributed by atoms with E-state index in [1.165, 1.54) is 18.2 Å². The molecule has 3 aromatic rings. The SMILES string of the molecule is Cc1nc(S/C(=C\c2ccccc2OCc2ccc(F)cc2)C(=O)[O-])n[nH]1. The molecule has 0 atom stereocenters. The third kappa shape index (κ3) is 5.18. The Hall–Kier alpha value is -3.13. The number of carboxylic acids is 1. The van der Waals surface area contributed by atoms with Gasteiger partial charge in [-0.05, 0) is 48.5 Å². The maximum Gasteiger partial charge on any atom is 0.213 e. The van der Waals surface area contributed by atoms with Crippen LogP contribution >= 0.6 is 11.8 Å². The molecule has 0 fully saturated rings. The lowest BCUT2D eigenvalue weighted by molar-refractivity contribution is -0.297. The third-order valence-corrected chi connectivity index (χ3v) is 4.36. The van der Waals surface area contributed by atoms with Crippen LogP contribution in [0.3, 0.4) is 0 Å². The monoisotopic (exact) mass is 384 g/mol. The van der Waals surface area contributed by atoms with Gasteiger partial charge >= 0.3 is 0 Å². The molecule has 27 heavy (non-hydrogen) atoms. The van der Waals surface area contributed by atoms with Crippen LogP contribution in [0.25, 0.3) is 6.08 Å². The van der Waals surface area contributed by atoms with Gasteiger partial charge in [-0.2, -0.15) is 0 Å². The first-order valence-electron chi connectivity index (χ1n) is 7.97. The largest absolute Gasteiger partial charge is 0.544 e. The second-order valence-corrected chi connectivity index (χ2v) is 6.56. The highest BCUT2D eigenvalue weighted by Crippen LogP contribution is 2.28. The number of aliphatic carboxylic acids is 1. The molecule has 1 N–H and O–H groups in total. The van der Waals surface area contributed by atoms with E-state index in [-0.39, 0.29) is 22.5 Å². The van der Waals surface area contributed by atoms with E-state index in [0.717, 1.165) is 17.3 Å². The molecule has 0 unspecified atom stereocenters. The highest BCUT2D eigenvalue weighted by Gasteiger charge is 2.09. The Morgan fingerprint density at radius 1 is 1.26 bits per heavy atom. The predicted molar refractivity (Wildman–Crippen MR) is 97.1 cm³/mol. The normalized spacial score (nSPS) is 11.4. The Labute approximate surface area is 159 Å². The van der Waals surface area contributed by atoms with Gasteiger partial charge in [-0.1, -0.05) is 30.3 Å². The number of nitrogens with zero attached hydrogens (tertiary/aromatic N) is 2. The average molecular weight is 384 g/mol. The number of carbonyl (C=O) groups is 1. The van der Waals surface area contributed by atoms with Gasteiger partial charge in [-0.3, -0.25) is 5.10 Å². The number of hydrogen-bond acceptors (Lipinski definition) is 6. The van der Waals surface area contributed by atoms with Crippen molar-refractivity contribution in [3.05, 3.63) is 76.2 Å². The standard InChI is InChI=1S/C19H16FN3O3S/c1-12-21-19(23-22-12)27-17(18(24)25)10-14-4-2-3-5-16(14)26-11-13-6-8-15(20)9-7-13/h2-10H,11H2,1H3,(H,24,25)(H,21,22,23)/p-1/b17-10-. The van der Waals surface area contributed by atoms with E-state index in [9.17, 15) is 14.3 Å². The van der Waals surface area contributed by atoms with Crippen LogP contribution in [-0.2, 0) is 11.4 Å². The second-order valence-electron chi connectivity index (χ2n) is 5.55. The third-order valence-electron chi connectivity index (χ3n) is 3.49. The number of aromatic nitrogens is 3. The van der Waals surface area contributed by atoms with Gasteiger partial charge in [-0.15, -0.1) is 5.10 Å². The quantitative estimate of drug-likeness (QED) is 0.498. The van der Waals surface area contributed by atoms with Gasteiger partial charge in [0.05, 0.1) is 5.97 Å². The zero-order valence-electron chi connectivity index (χ0n) is 14.3. The fourth-order valence-electron chi connectivity index (χ4n) is 2.21. The molecule has 0 aliphatic carbocycles.